The summed E-state index contributed by atoms with van der Waals surface area (Å²) >= 11 is 0. The van der Waals surface area contributed by atoms with Gasteiger partial charge in [-0.2, -0.15) is 0 Å². The van der Waals surface area contributed by atoms with Crippen molar-refractivity contribution < 1.29 is 69.4 Å². The van der Waals surface area contributed by atoms with Gasteiger partial charge in [0.1, 0.15) is 37.1 Å². The molecule has 0 radical (unpaired) electrons. The van der Waals surface area contributed by atoms with Crippen LogP contribution >= 0.6 is 0 Å². The highest BCUT2D eigenvalue weighted by Crippen LogP contribution is 2.50. The average Bonchev–Trinajstić information content (AvgIpc) is 2.85. The molecule has 0 amide bonds. The van der Waals surface area contributed by atoms with Crippen LogP contribution in [-0.4, -0.2) is 113 Å². The van der Waals surface area contributed by atoms with Crippen LogP contribution in [0.3, 0.4) is 0 Å². The van der Waals surface area contributed by atoms with Crippen molar-refractivity contribution in [2.45, 2.75) is 96.0 Å². The fourth-order valence-electron chi connectivity index (χ4n) is 5.66. The van der Waals surface area contributed by atoms with E-state index in [0.717, 1.165) is 12.1 Å². The van der Waals surface area contributed by atoms with E-state index in [0.29, 0.717) is 0 Å². The minimum absolute atomic E-state index is 0.378. The standard InChI is InChI=1S/C27H38O14/c1-24(2,37)10-27(38)22(36)25(3,4)21(35)26(5,6)23(27)41-20-18(33)17(32)16(31)14(40-20)9-39-19(34)11-7-12(28)15(30)13(29)8-11/h7-8,14,16-18,20,23,28-33,37-38H,9-10H2,1-6H3/t14-,16-,17+,18-,20+,23-,27-/m1/s1. The molecular weight excluding hydrogens is 548 g/mol. The number of aromatic hydroxyl groups is 3. The van der Waals surface area contributed by atoms with Crippen LogP contribution in [0.4, 0.5) is 0 Å². The first-order valence-electron chi connectivity index (χ1n) is 12.9. The van der Waals surface area contributed by atoms with Crippen LogP contribution in [0.2, 0.25) is 0 Å². The Morgan fingerprint density at radius 2 is 1.49 bits per heavy atom. The van der Waals surface area contributed by atoms with Crippen molar-refractivity contribution in [2.24, 2.45) is 10.8 Å². The number of Topliss-reactive ketones (excluding diaryl/α,β-unsaturated/α-hetero) is 2. The second-order valence-electron chi connectivity index (χ2n) is 12.4. The molecule has 1 aromatic rings. The Kier molecular flexibility index (Phi) is 8.58. The van der Waals surface area contributed by atoms with E-state index < -0.39 is 107 Å². The number of esters is 1. The summed E-state index contributed by atoms with van der Waals surface area (Å²) in [6.07, 6.45) is -11.4. The highest BCUT2D eigenvalue weighted by molar-refractivity contribution is 6.14. The molecule has 2 fully saturated rings. The molecule has 7 atom stereocenters. The number of phenols is 3. The maximum atomic E-state index is 13.5. The molecule has 0 unspecified atom stereocenters. The maximum Gasteiger partial charge on any atom is 0.338 e. The first-order valence-corrected chi connectivity index (χ1v) is 12.9. The van der Waals surface area contributed by atoms with E-state index in [2.05, 4.69) is 0 Å². The Hall–Kier alpha value is -2.85. The van der Waals surface area contributed by atoms with Gasteiger partial charge in [0.05, 0.1) is 22.0 Å². The molecule has 14 heteroatoms. The number of carbonyl (C=O) groups is 3. The molecule has 1 heterocycles. The first-order chi connectivity index (χ1) is 18.6. The van der Waals surface area contributed by atoms with E-state index in [1.54, 1.807) is 0 Å². The van der Waals surface area contributed by atoms with Gasteiger partial charge in [-0.15, -0.1) is 0 Å². The molecular formula is C27H38O14. The van der Waals surface area contributed by atoms with Crippen LogP contribution in [0.25, 0.3) is 0 Å². The minimum atomic E-state index is -2.46. The second-order valence-corrected chi connectivity index (χ2v) is 12.4. The third-order valence-corrected chi connectivity index (χ3v) is 7.53. The van der Waals surface area contributed by atoms with E-state index in [1.165, 1.54) is 41.5 Å². The first kappa shape index (κ1) is 32.7. The summed E-state index contributed by atoms with van der Waals surface area (Å²) < 4.78 is 16.5. The summed E-state index contributed by atoms with van der Waals surface area (Å²) in [5.41, 5.74) is -7.72. The fraction of sp³-hybridized carbons (Fsp3) is 0.667. The molecule has 230 valence electrons. The number of hydrogen-bond donors (Lipinski definition) is 8. The Labute approximate surface area is 235 Å². The zero-order valence-electron chi connectivity index (χ0n) is 23.6. The van der Waals surface area contributed by atoms with Gasteiger partial charge in [-0.3, -0.25) is 9.59 Å². The number of aliphatic hydroxyl groups excluding tert-OH is 3. The van der Waals surface area contributed by atoms with Crippen LogP contribution in [-0.2, 0) is 23.8 Å². The molecule has 2 aliphatic rings. The highest BCUT2D eigenvalue weighted by Gasteiger charge is 2.67. The van der Waals surface area contributed by atoms with Gasteiger partial charge >= 0.3 is 5.97 Å². The van der Waals surface area contributed by atoms with Crippen LogP contribution in [0.1, 0.15) is 58.3 Å². The van der Waals surface area contributed by atoms with Crippen molar-refractivity contribution in [1.82, 2.24) is 0 Å². The van der Waals surface area contributed by atoms with Crippen molar-refractivity contribution in [1.29, 1.82) is 0 Å². The molecule has 8 N–H and O–H groups in total. The van der Waals surface area contributed by atoms with Crippen molar-refractivity contribution in [3.05, 3.63) is 17.7 Å². The topological polar surface area (TPSA) is 241 Å². The monoisotopic (exact) mass is 586 g/mol. The number of rotatable bonds is 7. The Morgan fingerprint density at radius 1 is 0.951 bits per heavy atom. The van der Waals surface area contributed by atoms with E-state index in [1.807, 2.05) is 0 Å². The molecule has 1 saturated carbocycles. The van der Waals surface area contributed by atoms with Gasteiger partial charge in [0.2, 0.25) is 0 Å². The predicted molar refractivity (Wildman–Crippen MR) is 137 cm³/mol. The molecule has 1 aliphatic carbocycles. The van der Waals surface area contributed by atoms with Crippen LogP contribution in [0.5, 0.6) is 17.2 Å². The number of hydrogen-bond acceptors (Lipinski definition) is 14. The van der Waals surface area contributed by atoms with Crippen molar-refractivity contribution in [3.63, 3.8) is 0 Å². The predicted octanol–water partition coefficient (Wildman–Crippen LogP) is -0.751. The Morgan fingerprint density at radius 3 is 2.00 bits per heavy atom. The summed E-state index contributed by atoms with van der Waals surface area (Å²) in [5, 5.41) is 82.6. The molecule has 0 bridgehead atoms. The number of ether oxygens (including phenoxy) is 3. The normalized spacial score (nSPS) is 33.4. The van der Waals surface area contributed by atoms with Crippen LogP contribution < -0.4 is 0 Å². The molecule has 0 spiro atoms. The fourth-order valence-corrected chi connectivity index (χ4v) is 5.66. The maximum absolute atomic E-state index is 13.5. The summed E-state index contributed by atoms with van der Waals surface area (Å²) in [6.45, 7) is 7.44. The Bertz CT molecular complexity index is 1180. The minimum Gasteiger partial charge on any atom is -0.504 e. The van der Waals surface area contributed by atoms with E-state index in [4.69, 9.17) is 14.2 Å². The van der Waals surface area contributed by atoms with Gasteiger partial charge in [0.15, 0.2) is 40.7 Å². The quantitative estimate of drug-likeness (QED) is 0.111. The molecule has 41 heavy (non-hydrogen) atoms. The van der Waals surface area contributed by atoms with E-state index in [-0.39, 0.29) is 5.56 Å². The van der Waals surface area contributed by atoms with Gasteiger partial charge in [-0.1, -0.05) is 13.8 Å². The van der Waals surface area contributed by atoms with Gasteiger partial charge in [-0.05, 0) is 39.8 Å². The molecule has 0 aromatic heterocycles. The number of ketones is 2. The third-order valence-electron chi connectivity index (χ3n) is 7.53. The lowest BCUT2D eigenvalue weighted by molar-refractivity contribution is -0.333. The van der Waals surface area contributed by atoms with E-state index in [9.17, 15) is 55.2 Å². The van der Waals surface area contributed by atoms with Crippen molar-refractivity contribution in [3.8, 4) is 17.2 Å². The van der Waals surface area contributed by atoms with Crippen LogP contribution in [0, 0.1) is 10.8 Å². The molecule has 1 aliphatic heterocycles. The largest absolute Gasteiger partial charge is 0.504 e. The molecule has 1 aromatic carbocycles. The van der Waals surface area contributed by atoms with E-state index >= 15 is 0 Å². The molecule has 3 rings (SSSR count). The molecule has 14 nitrogen and oxygen atoms in total. The van der Waals surface area contributed by atoms with Gasteiger partial charge in [0, 0.05) is 6.42 Å². The summed E-state index contributed by atoms with van der Waals surface area (Å²) in [5.74, 6) is -5.14. The van der Waals surface area contributed by atoms with Crippen molar-refractivity contribution in [2.75, 3.05) is 6.61 Å². The SMILES string of the molecule is CC(C)(O)C[C@@]1(O)C(=O)C(C)(C)C(=O)C(C)(C)[C@H]1O[C@@H]1O[C@H](COC(=O)c2cc(O)c(O)c(O)c2)[C@@H](O)[C@H](O)[C@H]1O. The van der Waals surface area contributed by atoms with Crippen molar-refractivity contribution >= 4 is 17.5 Å². The van der Waals surface area contributed by atoms with Gasteiger partial charge < -0.3 is 55.1 Å². The Balaban J connectivity index is 1.89. The summed E-state index contributed by atoms with van der Waals surface area (Å²) in [4.78, 5) is 39.3. The number of benzene rings is 1. The lowest BCUT2D eigenvalue weighted by atomic mass is 9.54. The zero-order valence-corrected chi connectivity index (χ0v) is 23.6. The smallest absolute Gasteiger partial charge is 0.338 e. The average molecular weight is 587 g/mol. The number of phenolic OH excluding ortho intramolecular Hbond substituents is 3. The van der Waals surface area contributed by atoms with Gasteiger partial charge in [0.25, 0.3) is 0 Å². The number of aliphatic hydroxyl groups is 5. The van der Waals surface area contributed by atoms with Gasteiger partial charge in [-0.25, -0.2) is 4.79 Å². The summed E-state index contributed by atoms with van der Waals surface area (Å²) in [7, 11) is 0. The lowest BCUT2D eigenvalue weighted by Gasteiger charge is -2.54. The van der Waals surface area contributed by atoms with Crippen LogP contribution in [0.15, 0.2) is 12.1 Å². The molecule has 1 saturated heterocycles. The number of carbonyl (C=O) groups excluding carboxylic acids is 3. The zero-order chi connectivity index (χ0) is 31.5. The third kappa shape index (κ3) is 5.91. The second kappa shape index (κ2) is 10.8. The lowest BCUT2D eigenvalue weighted by Crippen LogP contribution is -2.72. The highest BCUT2D eigenvalue weighted by atomic mass is 16.7. The summed E-state index contributed by atoms with van der Waals surface area (Å²) in [6, 6.07) is 1.62.